The molecule has 0 aliphatic carbocycles. The predicted octanol–water partition coefficient (Wildman–Crippen LogP) is 7.97. The molecular formula is C41H48I2N3O10S2+. The van der Waals surface area contributed by atoms with Crippen LogP contribution >= 0.6 is 45.2 Å². The zero-order valence-electron chi connectivity index (χ0n) is 32.6. The highest BCUT2D eigenvalue weighted by atomic mass is 127. The van der Waals surface area contributed by atoms with Crippen LogP contribution in [0.15, 0.2) is 95.6 Å². The molecule has 3 aromatic rings. The van der Waals surface area contributed by atoms with Gasteiger partial charge < -0.3 is 20.0 Å². The van der Waals surface area contributed by atoms with Gasteiger partial charge in [0.25, 0.3) is 20.2 Å². The summed E-state index contributed by atoms with van der Waals surface area (Å²) in [6.07, 6.45) is 16.4. The summed E-state index contributed by atoms with van der Waals surface area (Å²) in [5.41, 5.74) is 4.87. The minimum Gasteiger partial charge on any atom is -0.492 e. The number of rotatable bonds is 17. The summed E-state index contributed by atoms with van der Waals surface area (Å²) in [6.45, 7) is 6.88. The molecule has 0 fully saturated rings. The molecule has 0 bridgehead atoms. The zero-order chi connectivity index (χ0) is 42.6. The van der Waals surface area contributed by atoms with E-state index in [1.165, 1.54) is 48.4 Å². The summed E-state index contributed by atoms with van der Waals surface area (Å²) in [5.74, 6) is -1.87. The lowest BCUT2D eigenvalue weighted by Gasteiger charge is -2.30. The zero-order valence-corrected chi connectivity index (χ0v) is 38.5. The van der Waals surface area contributed by atoms with Crippen molar-refractivity contribution in [1.29, 1.82) is 0 Å². The van der Waals surface area contributed by atoms with Crippen LogP contribution in [0.4, 0.5) is 11.4 Å². The van der Waals surface area contributed by atoms with Crippen molar-refractivity contribution in [3.05, 3.63) is 109 Å². The number of hydrogen-bond donors (Lipinski definition) is 4. The SMILES string of the molecule is C[N+]1=C(C=CC=CC=CC=C2N(CCCCCC(=O)On3c(O)ccc3O)c3ccc(S(=O)(=O)O)cc3C2(C)CCCCS(=O)(=O)O)C(C)(C)c2c(I)cc(I)cc21. The molecule has 0 amide bonds. The Morgan fingerprint density at radius 1 is 0.862 bits per heavy atom. The molecule has 312 valence electrons. The van der Waals surface area contributed by atoms with E-state index in [0.717, 1.165) is 11.4 Å². The van der Waals surface area contributed by atoms with E-state index in [9.17, 15) is 40.9 Å². The molecule has 13 nitrogen and oxygen atoms in total. The third-order valence-corrected chi connectivity index (χ3v) is 13.7. The standard InChI is InChI=1S/C41H47I2N3O10S2/c1-40(2)34(44(4)33-26-28(42)25-31(43)39(33)40)15-9-6-5-7-10-16-35-41(3,22-12-14-24-57(50,51)52)30-27-29(58(53,54)55)18-19-32(30)45(35)23-13-8-11-17-38(49)56-46-36(47)20-21-37(46)48/h5-7,9-10,15-16,18-21,25-27H,8,11-14,17,22-24H2,1-4H3,(H3-,47,48,50,51,52,53,54,55)/p+1. The number of halogens is 2. The molecule has 3 heterocycles. The number of allylic oxidation sites excluding steroid dienone is 8. The van der Waals surface area contributed by atoms with Crippen molar-refractivity contribution in [2.45, 2.75) is 81.4 Å². The van der Waals surface area contributed by atoms with E-state index in [-0.39, 0.29) is 23.2 Å². The molecule has 2 aliphatic heterocycles. The number of anilines is 1. The number of benzene rings is 2. The van der Waals surface area contributed by atoms with Crippen LogP contribution in [0.1, 0.15) is 76.8 Å². The molecule has 1 aromatic heterocycles. The van der Waals surface area contributed by atoms with E-state index in [0.29, 0.717) is 48.9 Å². The molecule has 0 saturated heterocycles. The Kier molecular flexibility index (Phi) is 14.5. The highest BCUT2D eigenvalue weighted by molar-refractivity contribution is 14.1. The van der Waals surface area contributed by atoms with Crippen LogP contribution in [-0.4, -0.2) is 76.5 Å². The molecule has 1 atom stereocenters. The molecule has 0 spiro atoms. The topological polar surface area (TPSA) is 187 Å². The largest absolute Gasteiger partial charge is 0.492 e. The number of carbonyl (C=O) groups excluding carboxylic acids is 1. The van der Waals surface area contributed by atoms with Gasteiger partial charge in [-0.3, -0.25) is 9.11 Å². The van der Waals surface area contributed by atoms with Gasteiger partial charge in [0.1, 0.15) is 7.05 Å². The van der Waals surface area contributed by atoms with Crippen molar-refractivity contribution in [3.63, 3.8) is 0 Å². The van der Waals surface area contributed by atoms with E-state index in [1.807, 2.05) is 43.4 Å². The summed E-state index contributed by atoms with van der Waals surface area (Å²) in [4.78, 5) is 19.3. The first-order chi connectivity index (χ1) is 27.1. The first-order valence-electron chi connectivity index (χ1n) is 18.6. The van der Waals surface area contributed by atoms with E-state index in [1.54, 1.807) is 6.07 Å². The number of nitrogens with zero attached hydrogens (tertiary/aromatic N) is 3. The number of carbonyl (C=O) groups is 1. The minimum absolute atomic E-state index is 0.0295. The summed E-state index contributed by atoms with van der Waals surface area (Å²) in [7, 11) is -6.64. The molecule has 4 N–H and O–H groups in total. The maximum atomic E-state index is 12.4. The van der Waals surface area contributed by atoms with Gasteiger partial charge in [0.2, 0.25) is 17.4 Å². The number of fused-ring (bicyclic) bond motifs is 2. The lowest BCUT2D eigenvalue weighted by Crippen LogP contribution is -2.29. The van der Waals surface area contributed by atoms with Gasteiger partial charge >= 0.3 is 5.97 Å². The van der Waals surface area contributed by atoms with Gasteiger partial charge in [-0.15, -0.1) is 4.73 Å². The van der Waals surface area contributed by atoms with E-state index in [4.69, 9.17) is 4.84 Å². The van der Waals surface area contributed by atoms with Gasteiger partial charge in [-0.1, -0.05) is 43.2 Å². The quantitative estimate of drug-likeness (QED) is 0.0338. The van der Waals surface area contributed by atoms with Gasteiger partial charge in [-0.2, -0.15) is 21.4 Å². The second kappa shape index (κ2) is 18.4. The lowest BCUT2D eigenvalue weighted by molar-refractivity contribution is -0.401. The van der Waals surface area contributed by atoms with Crippen LogP contribution in [0.25, 0.3) is 0 Å². The Morgan fingerprint density at radius 3 is 2.21 bits per heavy atom. The average molecular weight is 1060 g/mol. The van der Waals surface area contributed by atoms with Gasteiger partial charge in [-0.05, 0) is 128 Å². The van der Waals surface area contributed by atoms with Crippen molar-refractivity contribution in [2.75, 3.05) is 24.2 Å². The van der Waals surface area contributed by atoms with Crippen LogP contribution in [0.2, 0.25) is 0 Å². The Balaban J connectivity index is 1.38. The fourth-order valence-electron chi connectivity index (χ4n) is 7.74. The van der Waals surface area contributed by atoms with Crippen molar-refractivity contribution in [1.82, 2.24) is 4.73 Å². The average Bonchev–Trinajstić information content (AvgIpc) is 3.64. The first-order valence-corrected chi connectivity index (χ1v) is 23.8. The summed E-state index contributed by atoms with van der Waals surface area (Å²) < 4.78 is 72.2. The van der Waals surface area contributed by atoms with Gasteiger partial charge in [-0.25, -0.2) is 4.79 Å². The Labute approximate surface area is 367 Å². The molecule has 2 aliphatic rings. The van der Waals surface area contributed by atoms with E-state index < -0.39 is 49.1 Å². The predicted molar refractivity (Wildman–Crippen MR) is 240 cm³/mol. The van der Waals surface area contributed by atoms with E-state index in [2.05, 4.69) is 93.8 Å². The summed E-state index contributed by atoms with van der Waals surface area (Å²) in [6, 6.07) is 11.2. The Hall–Kier alpha value is -3.50. The lowest BCUT2D eigenvalue weighted by atomic mass is 9.77. The van der Waals surface area contributed by atoms with Crippen molar-refractivity contribution < 1.29 is 50.4 Å². The summed E-state index contributed by atoms with van der Waals surface area (Å²) in [5, 5.41) is 19.5. The maximum absolute atomic E-state index is 12.4. The molecule has 2 aromatic carbocycles. The van der Waals surface area contributed by atoms with E-state index >= 15 is 0 Å². The van der Waals surface area contributed by atoms with Gasteiger partial charge in [0.15, 0.2) is 5.71 Å². The van der Waals surface area contributed by atoms with Crippen molar-refractivity contribution in [2.24, 2.45) is 0 Å². The van der Waals surface area contributed by atoms with Crippen molar-refractivity contribution >= 4 is 88.5 Å². The second-order valence-electron chi connectivity index (χ2n) is 15.0. The second-order valence-corrected chi connectivity index (χ2v) is 20.4. The monoisotopic (exact) mass is 1060 g/mol. The smallest absolute Gasteiger partial charge is 0.333 e. The third-order valence-electron chi connectivity index (χ3n) is 10.6. The normalized spacial score (nSPS) is 18.7. The molecule has 0 saturated carbocycles. The molecule has 17 heteroatoms. The van der Waals surface area contributed by atoms with Crippen LogP contribution in [-0.2, 0) is 35.9 Å². The Bertz CT molecular complexity index is 2430. The maximum Gasteiger partial charge on any atom is 0.333 e. The minimum atomic E-state index is -4.54. The number of unbranched alkanes of at least 4 members (excludes halogenated alkanes) is 3. The highest BCUT2D eigenvalue weighted by Crippen LogP contribution is 2.51. The first kappa shape index (κ1) is 45.6. The highest BCUT2D eigenvalue weighted by Gasteiger charge is 2.45. The number of hydrogen-bond acceptors (Lipinski definition) is 9. The van der Waals surface area contributed by atoms with Gasteiger partial charge in [0, 0.05) is 61.2 Å². The van der Waals surface area contributed by atoms with Crippen LogP contribution in [0, 0.1) is 7.14 Å². The molecular weight excluding hydrogens is 1010 g/mol. The molecule has 1 unspecified atom stereocenters. The number of aromatic nitrogens is 1. The van der Waals surface area contributed by atoms with Crippen molar-refractivity contribution in [3.8, 4) is 11.8 Å². The van der Waals surface area contributed by atoms with Crippen LogP contribution in [0.3, 0.4) is 0 Å². The van der Waals surface area contributed by atoms with Crippen LogP contribution < -0.4 is 9.74 Å². The Morgan fingerprint density at radius 2 is 1.53 bits per heavy atom. The third kappa shape index (κ3) is 10.4. The molecule has 0 radical (unpaired) electrons. The van der Waals surface area contributed by atoms with Crippen LogP contribution in [0.5, 0.6) is 11.8 Å². The fraction of sp³-hybridized carbons (Fsp3) is 0.366. The summed E-state index contributed by atoms with van der Waals surface area (Å²) >= 11 is 4.75. The molecule has 5 rings (SSSR count). The number of aromatic hydroxyl groups is 2. The fourth-order valence-corrected chi connectivity index (χ4v) is 11.3. The van der Waals surface area contributed by atoms with Gasteiger partial charge in [0.05, 0.1) is 21.6 Å². The molecule has 58 heavy (non-hydrogen) atoms.